The van der Waals surface area contributed by atoms with Gasteiger partial charge in [0.1, 0.15) is 17.1 Å². The van der Waals surface area contributed by atoms with Gasteiger partial charge in [-0.05, 0) is 48.0 Å². The number of rotatable bonds is 5. The minimum absolute atomic E-state index is 0.0270. The quantitative estimate of drug-likeness (QED) is 0.722. The summed E-state index contributed by atoms with van der Waals surface area (Å²) in [4.78, 5) is 25.1. The number of amides is 1. The number of benzene rings is 2. The van der Waals surface area contributed by atoms with E-state index in [1.165, 1.54) is 22.8 Å². The first-order valence-electron chi connectivity index (χ1n) is 8.06. The van der Waals surface area contributed by atoms with Crippen LogP contribution in [0.3, 0.4) is 0 Å². The monoisotopic (exact) mass is 386 g/mol. The maximum Gasteiger partial charge on any atom is 0.263 e. The van der Waals surface area contributed by atoms with Crippen molar-refractivity contribution in [3.63, 3.8) is 0 Å². The highest BCUT2D eigenvalue weighted by Crippen LogP contribution is 2.19. The summed E-state index contributed by atoms with van der Waals surface area (Å²) in [5.41, 5.74) is 0.695. The Labute approximate surface area is 160 Å². The summed E-state index contributed by atoms with van der Waals surface area (Å²) in [7, 11) is 1.57. The highest BCUT2D eigenvalue weighted by atomic mass is 35.5. The van der Waals surface area contributed by atoms with E-state index in [1.54, 1.807) is 19.4 Å². The highest BCUT2D eigenvalue weighted by Gasteiger charge is 2.13. The zero-order valence-corrected chi connectivity index (χ0v) is 15.2. The molecule has 0 radical (unpaired) electrons. The van der Waals surface area contributed by atoms with Crippen LogP contribution in [0.5, 0.6) is 5.75 Å². The zero-order valence-electron chi connectivity index (χ0n) is 14.4. The number of halogens is 2. The number of nitrogens with one attached hydrogen (secondary N) is 1. The molecule has 3 aromatic rings. The van der Waals surface area contributed by atoms with Crippen molar-refractivity contribution >= 4 is 23.2 Å². The van der Waals surface area contributed by atoms with Gasteiger partial charge in [-0.3, -0.25) is 9.59 Å². The van der Waals surface area contributed by atoms with E-state index in [2.05, 4.69) is 5.32 Å². The lowest BCUT2D eigenvalue weighted by Gasteiger charge is -2.10. The van der Waals surface area contributed by atoms with Gasteiger partial charge in [-0.1, -0.05) is 23.7 Å². The van der Waals surface area contributed by atoms with Crippen molar-refractivity contribution in [3.8, 4) is 5.75 Å². The van der Waals surface area contributed by atoms with E-state index in [9.17, 15) is 14.0 Å². The number of hydrogen-bond acceptors (Lipinski definition) is 3. The van der Waals surface area contributed by atoms with E-state index in [-0.39, 0.29) is 10.6 Å². The number of aromatic nitrogens is 1. The zero-order chi connectivity index (χ0) is 19.4. The molecule has 0 saturated heterocycles. The number of carbonyl (C=O) groups excluding carboxylic acids is 1. The predicted molar refractivity (Wildman–Crippen MR) is 102 cm³/mol. The molecule has 0 atom stereocenters. The minimum Gasteiger partial charge on any atom is -0.497 e. The summed E-state index contributed by atoms with van der Waals surface area (Å²) in [6.45, 7) is 0.291. The average molecular weight is 387 g/mol. The number of anilines is 1. The predicted octanol–water partition coefficient (Wildman–Crippen LogP) is 3.95. The van der Waals surface area contributed by atoms with E-state index in [1.807, 2.05) is 24.3 Å². The Hall–Kier alpha value is -3.12. The molecule has 138 valence electrons. The third kappa shape index (κ3) is 4.35. The van der Waals surface area contributed by atoms with E-state index in [0.29, 0.717) is 18.0 Å². The van der Waals surface area contributed by atoms with Gasteiger partial charge in [-0.2, -0.15) is 0 Å². The Morgan fingerprint density at radius 2 is 2.00 bits per heavy atom. The van der Waals surface area contributed by atoms with Crippen LogP contribution in [-0.4, -0.2) is 17.6 Å². The van der Waals surface area contributed by atoms with Gasteiger partial charge in [0.2, 0.25) is 0 Å². The Morgan fingerprint density at radius 1 is 1.19 bits per heavy atom. The summed E-state index contributed by atoms with van der Waals surface area (Å²) < 4.78 is 19.8. The summed E-state index contributed by atoms with van der Waals surface area (Å²) in [6.07, 6.45) is 1.60. The van der Waals surface area contributed by atoms with Crippen LogP contribution in [0.1, 0.15) is 15.9 Å². The summed E-state index contributed by atoms with van der Waals surface area (Å²) in [5, 5.41) is 2.44. The van der Waals surface area contributed by atoms with E-state index >= 15 is 0 Å². The van der Waals surface area contributed by atoms with Crippen molar-refractivity contribution in [1.82, 2.24) is 4.57 Å². The fourth-order valence-electron chi connectivity index (χ4n) is 2.57. The third-order valence-corrected chi connectivity index (χ3v) is 4.22. The molecular weight excluding hydrogens is 371 g/mol. The fraction of sp³-hybridized carbons (Fsp3) is 0.100. The molecule has 0 aliphatic rings. The number of methoxy groups -OCH3 is 1. The molecule has 1 aromatic heterocycles. The molecule has 0 fully saturated rings. The molecule has 1 heterocycles. The number of ether oxygens (including phenoxy) is 1. The summed E-state index contributed by atoms with van der Waals surface area (Å²) >= 11 is 5.71. The van der Waals surface area contributed by atoms with E-state index in [4.69, 9.17) is 16.3 Å². The third-order valence-electron chi connectivity index (χ3n) is 3.93. The molecule has 0 saturated carbocycles. The molecule has 1 amide bonds. The number of carbonyl (C=O) groups is 1. The van der Waals surface area contributed by atoms with Crippen molar-refractivity contribution in [1.29, 1.82) is 0 Å². The largest absolute Gasteiger partial charge is 0.497 e. The van der Waals surface area contributed by atoms with Gasteiger partial charge in [0, 0.05) is 11.9 Å². The second-order valence-electron chi connectivity index (χ2n) is 5.79. The van der Waals surface area contributed by atoms with Crippen LogP contribution in [0.4, 0.5) is 10.1 Å². The first-order chi connectivity index (χ1) is 13.0. The summed E-state index contributed by atoms with van der Waals surface area (Å²) in [6, 6.07) is 14.2. The van der Waals surface area contributed by atoms with Crippen LogP contribution < -0.4 is 15.6 Å². The topological polar surface area (TPSA) is 60.3 Å². The number of nitrogens with zero attached hydrogens (tertiary/aromatic N) is 1. The van der Waals surface area contributed by atoms with Crippen molar-refractivity contribution in [2.75, 3.05) is 12.4 Å². The van der Waals surface area contributed by atoms with Gasteiger partial charge in [-0.15, -0.1) is 0 Å². The molecule has 7 heteroatoms. The van der Waals surface area contributed by atoms with E-state index < -0.39 is 17.3 Å². The maximum absolute atomic E-state index is 13.2. The fourth-order valence-corrected chi connectivity index (χ4v) is 2.75. The van der Waals surface area contributed by atoms with Crippen LogP contribution in [-0.2, 0) is 6.54 Å². The van der Waals surface area contributed by atoms with Crippen molar-refractivity contribution < 1.29 is 13.9 Å². The van der Waals surface area contributed by atoms with Gasteiger partial charge in [0.15, 0.2) is 0 Å². The lowest BCUT2D eigenvalue weighted by Crippen LogP contribution is -2.29. The van der Waals surface area contributed by atoms with Gasteiger partial charge < -0.3 is 14.6 Å². The Kier molecular flexibility index (Phi) is 5.57. The van der Waals surface area contributed by atoms with Gasteiger partial charge >= 0.3 is 0 Å². The van der Waals surface area contributed by atoms with Crippen LogP contribution in [0.25, 0.3) is 0 Å². The standard InChI is InChI=1S/C20H16ClFN2O3/c1-27-15-5-2-4-13(10-15)12-24-9-3-6-16(20(24)26)19(25)23-14-7-8-18(22)17(21)11-14/h2-11H,12H2,1H3,(H,23,25). The first kappa shape index (κ1) is 18.7. The lowest BCUT2D eigenvalue weighted by molar-refractivity contribution is 0.102. The van der Waals surface area contributed by atoms with Gasteiger partial charge in [-0.25, -0.2) is 4.39 Å². The molecule has 0 unspecified atom stereocenters. The highest BCUT2D eigenvalue weighted by molar-refractivity contribution is 6.31. The molecule has 2 aromatic carbocycles. The SMILES string of the molecule is COc1cccc(Cn2cccc(C(=O)Nc3ccc(F)c(Cl)c3)c2=O)c1. The van der Waals surface area contributed by atoms with Crippen LogP contribution in [0.2, 0.25) is 5.02 Å². The number of pyridine rings is 1. The molecule has 3 rings (SSSR count). The average Bonchev–Trinajstić information content (AvgIpc) is 2.66. The molecule has 0 bridgehead atoms. The molecule has 0 aliphatic carbocycles. The Balaban J connectivity index is 1.84. The van der Waals surface area contributed by atoms with Crippen LogP contribution in [0.15, 0.2) is 65.6 Å². The van der Waals surface area contributed by atoms with E-state index in [0.717, 1.165) is 11.6 Å². The molecule has 0 aliphatic heterocycles. The number of hydrogen-bond donors (Lipinski definition) is 1. The molecule has 5 nitrogen and oxygen atoms in total. The van der Waals surface area contributed by atoms with Gasteiger partial charge in [0.05, 0.1) is 18.7 Å². The maximum atomic E-state index is 13.2. The van der Waals surface area contributed by atoms with Crippen LogP contribution >= 0.6 is 11.6 Å². The second-order valence-corrected chi connectivity index (χ2v) is 6.20. The Bertz CT molecular complexity index is 1050. The minimum atomic E-state index is -0.595. The molecular formula is C20H16ClFN2O3. The molecule has 1 N–H and O–H groups in total. The second kappa shape index (κ2) is 8.05. The smallest absolute Gasteiger partial charge is 0.263 e. The normalized spacial score (nSPS) is 10.5. The van der Waals surface area contributed by atoms with Crippen molar-refractivity contribution in [2.24, 2.45) is 0 Å². The van der Waals surface area contributed by atoms with Crippen molar-refractivity contribution in [2.45, 2.75) is 6.54 Å². The lowest BCUT2D eigenvalue weighted by atomic mass is 10.2. The van der Waals surface area contributed by atoms with Gasteiger partial charge in [0.25, 0.3) is 11.5 Å². The Morgan fingerprint density at radius 3 is 2.74 bits per heavy atom. The van der Waals surface area contributed by atoms with Crippen LogP contribution in [0, 0.1) is 5.82 Å². The first-order valence-corrected chi connectivity index (χ1v) is 8.44. The van der Waals surface area contributed by atoms with Crippen molar-refractivity contribution in [3.05, 3.63) is 93.1 Å². The summed E-state index contributed by atoms with van der Waals surface area (Å²) in [5.74, 6) is -0.500. The molecule has 27 heavy (non-hydrogen) atoms. The molecule has 0 spiro atoms.